The van der Waals surface area contributed by atoms with Crippen molar-refractivity contribution < 1.29 is 13.5 Å². The van der Waals surface area contributed by atoms with Gasteiger partial charge in [0.25, 0.3) is 0 Å². The third-order valence-corrected chi connectivity index (χ3v) is 5.55. The number of halogens is 1. The Bertz CT molecular complexity index is 493. The molecule has 0 aliphatic carbocycles. The van der Waals surface area contributed by atoms with Crippen LogP contribution in [0.15, 0.2) is 27.6 Å². The van der Waals surface area contributed by atoms with E-state index in [1.807, 2.05) is 0 Å². The van der Waals surface area contributed by atoms with Gasteiger partial charge in [0.05, 0.1) is 16.2 Å². The first-order valence-electron chi connectivity index (χ1n) is 4.63. The Morgan fingerprint density at radius 1 is 1.53 bits per heavy atom. The van der Waals surface area contributed by atoms with Crippen LogP contribution < -0.4 is 0 Å². The van der Waals surface area contributed by atoms with E-state index in [1.54, 1.807) is 18.2 Å². The highest BCUT2D eigenvalue weighted by molar-refractivity contribution is 9.10. The van der Waals surface area contributed by atoms with E-state index < -0.39 is 21.2 Å². The molecule has 1 aromatic rings. The number of sulfone groups is 1. The van der Waals surface area contributed by atoms with Gasteiger partial charge in [-0.1, -0.05) is 15.9 Å². The number of hydrogen-bond donors (Lipinski definition) is 1. The molecule has 0 amide bonds. The van der Waals surface area contributed by atoms with Gasteiger partial charge in [-0.2, -0.15) is 0 Å². The molecule has 2 rings (SSSR count). The van der Waals surface area contributed by atoms with E-state index in [1.165, 1.54) is 6.92 Å². The van der Waals surface area contributed by atoms with Gasteiger partial charge in [0.2, 0.25) is 0 Å². The van der Waals surface area contributed by atoms with E-state index in [0.29, 0.717) is 11.3 Å². The maximum Gasteiger partial charge on any atom is 0.184 e. The minimum Gasteiger partial charge on any atom is -0.392 e. The van der Waals surface area contributed by atoms with E-state index in [0.717, 1.165) is 10.0 Å². The van der Waals surface area contributed by atoms with Gasteiger partial charge in [0.1, 0.15) is 0 Å². The van der Waals surface area contributed by atoms with E-state index >= 15 is 0 Å². The van der Waals surface area contributed by atoms with Crippen molar-refractivity contribution in [1.82, 2.24) is 0 Å². The van der Waals surface area contributed by atoms with Crippen molar-refractivity contribution in [2.24, 2.45) is 0 Å². The maximum absolute atomic E-state index is 12.0. The first-order chi connectivity index (χ1) is 6.93. The van der Waals surface area contributed by atoms with Gasteiger partial charge in [0, 0.05) is 4.47 Å². The number of aliphatic hydroxyl groups excluding tert-OH is 1. The molecule has 0 spiro atoms. The van der Waals surface area contributed by atoms with Crippen LogP contribution in [0.4, 0.5) is 0 Å². The Morgan fingerprint density at radius 2 is 2.20 bits per heavy atom. The lowest BCUT2D eigenvalue weighted by Gasteiger charge is -2.11. The van der Waals surface area contributed by atoms with Crippen LogP contribution in [-0.4, -0.2) is 24.9 Å². The average molecular weight is 291 g/mol. The first-order valence-corrected chi connectivity index (χ1v) is 6.97. The molecule has 0 saturated heterocycles. The van der Waals surface area contributed by atoms with Crippen LogP contribution in [0.3, 0.4) is 0 Å². The zero-order valence-corrected chi connectivity index (χ0v) is 10.5. The molecule has 1 aliphatic rings. The number of fused-ring (bicyclic) bond motifs is 1. The lowest BCUT2D eigenvalue weighted by Crippen LogP contribution is -2.29. The molecule has 0 saturated carbocycles. The average Bonchev–Trinajstić information content (AvgIpc) is 2.37. The quantitative estimate of drug-likeness (QED) is 0.853. The van der Waals surface area contributed by atoms with Gasteiger partial charge in [0.15, 0.2) is 9.84 Å². The number of benzene rings is 1. The van der Waals surface area contributed by atoms with Crippen LogP contribution >= 0.6 is 15.9 Å². The topological polar surface area (TPSA) is 54.4 Å². The zero-order chi connectivity index (χ0) is 11.2. The van der Waals surface area contributed by atoms with Crippen LogP contribution in [0.25, 0.3) is 0 Å². The van der Waals surface area contributed by atoms with Gasteiger partial charge in [-0.3, -0.25) is 0 Å². The normalized spacial score (nSPS) is 24.9. The highest BCUT2D eigenvalue weighted by Gasteiger charge is 2.39. The smallest absolute Gasteiger partial charge is 0.184 e. The van der Waals surface area contributed by atoms with Gasteiger partial charge in [-0.15, -0.1) is 0 Å². The molecule has 2 atom stereocenters. The summed E-state index contributed by atoms with van der Waals surface area (Å²) in [5.41, 5.74) is 0.787. The van der Waals surface area contributed by atoms with Gasteiger partial charge < -0.3 is 5.11 Å². The summed E-state index contributed by atoms with van der Waals surface area (Å²) in [6.07, 6.45) is -0.435. The van der Waals surface area contributed by atoms with Crippen LogP contribution in [-0.2, 0) is 16.3 Å². The molecular weight excluding hydrogens is 280 g/mol. The molecular formula is C10H11BrO3S. The van der Waals surface area contributed by atoms with E-state index in [-0.39, 0.29) is 0 Å². The Labute approximate surface area is 97.2 Å². The lowest BCUT2D eigenvalue weighted by molar-refractivity contribution is 0.189. The largest absolute Gasteiger partial charge is 0.392 e. The van der Waals surface area contributed by atoms with Crippen molar-refractivity contribution in [2.75, 3.05) is 0 Å². The van der Waals surface area contributed by atoms with Crippen molar-refractivity contribution in [3.63, 3.8) is 0 Å². The summed E-state index contributed by atoms with van der Waals surface area (Å²) in [7, 11) is -3.33. The summed E-state index contributed by atoms with van der Waals surface area (Å²) < 4.78 is 24.8. The molecule has 5 heteroatoms. The molecule has 15 heavy (non-hydrogen) atoms. The maximum atomic E-state index is 12.0. The fourth-order valence-electron chi connectivity index (χ4n) is 1.90. The Morgan fingerprint density at radius 3 is 2.80 bits per heavy atom. The zero-order valence-electron chi connectivity index (χ0n) is 8.14. The molecule has 1 N–H and O–H groups in total. The lowest BCUT2D eigenvalue weighted by atomic mass is 10.1. The third kappa shape index (κ3) is 1.73. The molecule has 1 heterocycles. The standard InChI is InChI=1S/C10H11BrO3S/c1-6(12)10-5-7-4-8(11)2-3-9(7)15(10,13)14/h2-4,6,10,12H,5H2,1H3. The van der Waals surface area contributed by atoms with Crippen molar-refractivity contribution in [1.29, 1.82) is 0 Å². The summed E-state index contributed by atoms with van der Waals surface area (Å²) in [5.74, 6) is 0. The number of rotatable bonds is 1. The molecule has 0 bridgehead atoms. The fourth-order valence-corrected chi connectivity index (χ4v) is 4.32. The van der Waals surface area contributed by atoms with Crippen molar-refractivity contribution >= 4 is 25.8 Å². The second-order valence-electron chi connectivity index (χ2n) is 3.78. The third-order valence-electron chi connectivity index (χ3n) is 2.69. The van der Waals surface area contributed by atoms with E-state index in [2.05, 4.69) is 15.9 Å². The van der Waals surface area contributed by atoms with Crippen LogP contribution in [0.5, 0.6) is 0 Å². The molecule has 3 nitrogen and oxygen atoms in total. The predicted molar refractivity (Wildman–Crippen MR) is 60.5 cm³/mol. The second-order valence-corrected chi connectivity index (χ2v) is 6.83. The summed E-state index contributed by atoms with van der Waals surface area (Å²) in [4.78, 5) is 0.358. The summed E-state index contributed by atoms with van der Waals surface area (Å²) >= 11 is 3.30. The highest BCUT2D eigenvalue weighted by atomic mass is 79.9. The van der Waals surface area contributed by atoms with Gasteiger partial charge in [-0.25, -0.2) is 8.42 Å². The minimum atomic E-state index is -3.33. The molecule has 82 valence electrons. The van der Waals surface area contributed by atoms with E-state index in [9.17, 15) is 13.5 Å². The molecule has 1 aliphatic heterocycles. The molecule has 2 unspecified atom stereocenters. The molecule has 0 fully saturated rings. The Balaban J connectivity index is 2.57. The van der Waals surface area contributed by atoms with Crippen molar-refractivity contribution in [3.8, 4) is 0 Å². The van der Waals surface area contributed by atoms with Crippen LogP contribution in [0, 0.1) is 0 Å². The predicted octanol–water partition coefficient (Wildman–Crippen LogP) is 1.53. The number of aliphatic hydroxyl groups is 1. The Hall–Kier alpha value is -0.390. The summed E-state index contributed by atoms with van der Waals surface area (Å²) in [6.45, 7) is 1.52. The second kappa shape index (κ2) is 3.57. The molecule has 0 radical (unpaired) electrons. The first kappa shape index (κ1) is 11.1. The monoisotopic (exact) mass is 290 g/mol. The highest BCUT2D eigenvalue weighted by Crippen LogP contribution is 2.34. The van der Waals surface area contributed by atoms with E-state index in [4.69, 9.17) is 0 Å². The van der Waals surface area contributed by atoms with Gasteiger partial charge in [-0.05, 0) is 37.1 Å². The van der Waals surface area contributed by atoms with Crippen molar-refractivity contribution in [3.05, 3.63) is 28.2 Å². The molecule has 1 aromatic carbocycles. The summed E-state index contributed by atoms with van der Waals surface area (Å²) in [6, 6.07) is 5.10. The fraction of sp³-hybridized carbons (Fsp3) is 0.400. The Kier molecular flexibility index (Phi) is 2.65. The van der Waals surface area contributed by atoms with Crippen LogP contribution in [0.2, 0.25) is 0 Å². The van der Waals surface area contributed by atoms with Crippen molar-refractivity contribution in [2.45, 2.75) is 29.6 Å². The SMILES string of the molecule is CC(O)C1Cc2cc(Br)ccc2S1(=O)=O. The van der Waals surface area contributed by atoms with Gasteiger partial charge >= 0.3 is 0 Å². The molecule has 0 aromatic heterocycles. The number of hydrogen-bond acceptors (Lipinski definition) is 3. The summed E-state index contributed by atoms with van der Waals surface area (Å²) in [5, 5.41) is 8.75. The van der Waals surface area contributed by atoms with Crippen LogP contribution in [0.1, 0.15) is 12.5 Å². The minimum absolute atomic E-state index is 0.358.